The summed E-state index contributed by atoms with van der Waals surface area (Å²) in [6.45, 7) is 3.22. The molecule has 2 amide bonds. The summed E-state index contributed by atoms with van der Waals surface area (Å²) in [5.41, 5.74) is 2.18. The van der Waals surface area contributed by atoms with Crippen molar-refractivity contribution in [3.8, 4) is 0 Å². The first-order valence-electron chi connectivity index (χ1n) is 9.76. The molecule has 1 aliphatic heterocycles. The van der Waals surface area contributed by atoms with Crippen LogP contribution in [0.4, 0.5) is 4.79 Å². The maximum Gasteiger partial charge on any atom is 0.318 e. The third kappa shape index (κ3) is 5.00. The van der Waals surface area contributed by atoms with Crippen molar-refractivity contribution >= 4 is 6.03 Å². The fourth-order valence-corrected chi connectivity index (χ4v) is 3.44. The van der Waals surface area contributed by atoms with Gasteiger partial charge in [0, 0.05) is 13.0 Å². The minimum absolute atomic E-state index is 0.0411. The van der Waals surface area contributed by atoms with Gasteiger partial charge < -0.3 is 19.5 Å². The van der Waals surface area contributed by atoms with E-state index in [9.17, 15) is 4.79 Å². The molecule has 2 aromatic carbocycles. The number of urea groups is 1. The molecule has 2 heterocycles. The number of nitrogens with zero attached hydrogens (tertiary/aromatic N) is 3. The van der Waals surface area contributed by atoms with Crippen molar-refractivity contribution in [1.82, 2.24) is 20.4 Å². The second kappa shape index (κ2) is 8.87. The Bertz CT molecular complexity index is 930. The van der Waals surface area contributed by atoms with Crippen LogP contribution in [0.2, 0.25) is 0 Å². The van der Waals surface area contributed by atoms with Gasteiger partial charge in [-0.15, -0.1) is 0 Å². The van der Waals surface area contributed by atoms with Gasteiger partial charge in [-0.25, -0.2) is 4.79 Å². The summed E-state index contributed by atoms with van der Waals surface area (Å²) < 4.78 is 11.3. The highest BCUT2D eigenvalue weighted by molar-refractivity contribution is 5.74. The van der Waals surface area contributed by atoms with Crippen molar-refractivity contribution in [2.45, 2.75) is 32.1 Å². The Hall–Kier alpha value is -3.19. The van der Waals surface area contributed by atoms with Crippen LogP contribution in [0.1, 0.15) is 35.9 Å². The largest absolute Gasteiger partial charge is 0.367 e. The van der Waals surface area contributed by atoms with Gasteiger partial charge >= 0.3 is 6.03 Å². The zero-order chi connectivity index (χ0) is 20.1. The number of hydrogen-bond donors (Lipinski definition) is 1. The van der Waals surface area contributed by atoms with E-state index in [-0.39, 0.29) is 24.8 Å². The Morgan fingerprint density at radius 3 is 2.59 bits per heavy atom. The minimum Gasteiger partial charge on any atom is -0.367 e. The third-order valence-electron chi connectivity index (χ3n) is 4.82. The smallest absolute Gasteiger partial charge is 0.318 e. The Morgan fingerprint density at radius 1 is 1.10 bits per heavy atom. The maximum absolute atomic E-state index is 12.7. The second-order valence-electron chi connectivity index (χ2n) is 7.18. The highest BCUT2D eigenvalue weighted by Gasteiger charge is 2.29. The lowest BCUT2D eigenvalue weighted by Crippen LogP contribution is -2.49. The van der Waals surface area contributed by atoms with Gasteiger partial charge in [0.15, 0.2) is 5.82 Å². The summed E-state index contributed by atoms with van der Waals surface area (Å²) in [5, 5.41) is 6.87. The molecule has 7 nitrogen and oxygen atoms in total. The van der Waals surface area contributed by atoms with Crippen molar-refractivity contribution < 1.29 is 14.1 Å². The number of nitrogens with one attached hydrogen (secondary N) is 1. The van der Waals surface area contributed by atoms with Gasteiger partial charge in [-0.05, 0) is 18.1 Å². The molecule has 0 radical (unpaired) electrons. The lowest BCUT2D eigenvalue weighted by molar-refractivity contribution is -0.0657. The molecule has 4 rings (SSSR count). The van der Waals surface area contributed by atoms with E-state index in [1.165, 1.54) is 0 Å². The van der Waals surface area contributed by atoms with Gasteiger partial charge in [-0.1, -0.05) is 65.8 Å². The summed E-state index contributed by atoms with van der Waals surface area (Å²) in [5.74, 6) is 0.995. The quantitative estimate of drug-likeness (QED) is 0.720. The first kappa shape index (κ1) is 19.1. The average Bonchev–Trinajstić information content (AvgIpc) is 3.20. The molecule has 0 spiro atoms. The Balaban J connectivity index is 1.32. The molecule has 1 saturated heterocycles. The molecule has 7 heteroatoms. The summed E-state index contributed by atoms with van der Waals surface area (Å²) in [6.07, 6.45) is 0.421. The van der Waals surface area contributed by atoms with Crippen LogP contribution in [0, 0.1) is 0 Å². The van der Waals surface area contributed by atoms with E-state index in [0.29, 0.717) is 31.2 Å². The molecule has 29 heavy (non-hydrogen) atoms. The summed E-state index contributed by atoms with van der Waals surface area (Å²) >= 11 is 0. The van der Waals surface area contributed by atoms with Crippen LogP contribution in [0.25, 0.3) is 0 Å². The number of morpholine rings is 1. The zero-order valence-electron chi connectivity index (χ0n) is 16.3. The van der Waals surface area contributed by atoms with E-state index in [1.807, 2.05) is 67.6 Å². The first-order valence-corrected chi connectivity index (χ1v) is 9.76. The average molecular weight is 392 g/mol. The van der Waals surface area contributed by atoms with Crippen LogP contribution < -0.4 is 5.32 Å². The minimum atomic E-state index is -0.163. The maximum atomic E-state index is 12.7. The van der Waals surface area contributed by atoms with E-state index < -0.39 is 0 Å². The molecule has 150 valence electrons. The Labute approximate surface area is 169 Å². The Kier molecular flexibility index (Phi) is 5.86. The predicted octanol–water partition coefficient (Wildman–Crippen LogP) is 3.33. The molecular weight excluding hydrogens is 368 g/mol. The molecule has 0 aliphatic carbocycles. The van der Waals surface area contributed by atoms with E-state index in [1.54, 1.807) is 4.90 Å². The molecule has 3 aromatic rings. The summed E-state index contributed by atoms with van der Waals surface area (Å²) in [4.78, 5) is 18.8. The standard InChI is InChI=1S/C22H24N4O3/c1-16-14-26(15-19(28-16)18-10-6-3-7-11-18)22(27)23-13-21-24-20(25-29-21)12-17-8-4-2-5-9-17/h2-11,16,19H,12-15H2,1H3,(H,23,27)/t16-,19-/m1/s1. The molecule has 1 aromatic heterocycles. The molecular formula is C22H24N4O3. The number of ether oxygens (including phenoxy) is 1. The third-order valence-corrected chi connectivity index (χ3v) is 4.82. The summed E-state index contributed by atoms with van der Waals surface area (Å²) in [6, 6.07) is 19.7. The SMILES string of the molecule is C[C@@H]1CN(C(=O)NCc2nc(Cc3ccccc3)no2)C[C@H](c2ccccc2)O1. The number of benzene rings is 2. The van der Waals surface area contributed by atoms with E-state index >= 15 is 0 Å². The number of carbonyl (C=O) groups is 1. The highest BCUT2D eigenvalue weighted by atomic mass is 16.5. The molecule has 2 atom stereocenters. The highest BCUT2D eigenvalue weighted by Crippen LogP contribution is 2.25. The van der Waals surface area contributed by atoms with Crippen molar-refractivity contribution in [3.05, 3.63) is 83.5 Å². The molecule has 1 fully saturated rings. The van der Waals surface area contributed by atoms with Gasteiger partial charge in [-0.3, -0.25) is 0 Å². The fourth-order valence-electron chi connectivity index (χ4n) is 3.44. The zero-order valence-corrected chi connectivity index (χ0v) is 16.3. The van der Waals surface area contributed by atoms with Gasteiger partial charge in [-0.2, -0.15) is 4.98 Å². The van der Waals surface area contributed by atoms with Crippen molar-refractivity contribution in [2.75, 3.05) is 13.1 Å². The van der Waals surface area contributed by atoms with E-state index in [2.05, 4.69) is 15.5 Å². The number of amides is 2. The molecule has 1 aliphatic rings. The van der Waals surface area contributed by atoms with Crippen LogP contribution in [-0.2, 0) is 17.7 Å². The van der Waals surface area contributed by atoms with Gasteiger partial charge in [0.05, 0.1) is 19.2 Å². The molecule has 0 saturated carbocycles. The lowest BCUT2D eigenvalue weighted by Gasteiger charge is -2.36. The van der Waals surface area contributed by atoms with Crippen LogP contribution in [0.15, 0.2) is 65.2 Å². The topological polar surface area (TPSA) is 80.5 Å². The van der Waals surface area contributed by atoms with Crippen LogP contribution in [-0.4, -0.2) is 40.3 Å². The van der Waals surface area contributed by atoms with E-state index in [0.717, 1.165) is 11.1 Å². The Morgan fingerprint density at radius 2 is 1.83 bits per heavy atom. The van der Waals surface area contributed by atoms with Crippen molar-refractivity contribution in [3.63, 3.8) is 0 Å². The van der Waals surface area contributed by atoms with E-state index in [4.69, 9.17) is 9.26 Å². The van der Waals surface area contributed by atoms with Gasteiger partial charge in [0.1, 0.15) is 6.10 Å². The second-order valence-corrected chi connectivity index (χ2v) is 7.18. The normalized spacial score (nSPS) is 19.1. The number of aromatic nitrogens is 2. The lowest BCUT2D eigenvalue weighted by atomic mass is 10.1. The first-order chi connectivity index (χ1) is 14.2. The summed E-state index contributed by atoms with van der Waals surface area (Å²) in [7, 11) is 0. The number of carbonyl (C=O) groups excluding carboxylic acids is 1. The predicted molar refractivity (Wildman–Crippen MR) is 107 cm³/mol. The number of rotatable bonds is 5. The molecule has 0 bridgehead atoms. The van der Waals surface area contributed by atoms with Crippen LogP contribution >= 0.6 is 0 Å². The van der Waals surface area contributed by atoms with Gasteiger partial charge in [0.25, 0.3) is 0 Å². The van der Waals surface area contributed by atoms with Crippen molar-refractivity contribution in [2.24, 2.45) is 0 Å². The van der Waals surface area contributed by atoms with Crippen molar-refractivity contribution in [1.29, 1.82) is 0 Å². The van der Waals surface area contributed by atoms with Gasteiger partial charge in [0.2, 0.25) is 5.89 Å². The number of hydrogen-bond acceptors (Lipinski definition) is 5. The van der Waals surface area contributed by atoms with Crippen LogP contribution in [0.5, 0.6) is 0 Å². The molecule has 1 N–H and O–H groups in total. The van der Waals surface area contributed by atoms with Crippen LogP contribution in [0.3, 0.4) is 0 Å². The monoisotopic (exact) mass is 392 g/mol. The fraction of sp³-hybridized carbons (Fsp3) is 0.318. The molecule has 0 unspecified atom stereocenters.